The van der Waals surface area contributed by atoms with Gasteiger partial charge in [-0.1, -0.05) is 18.2 Å². The maximum atomic E-state index is 11.7. The maximum absolute atomic E-state index is 11.7. The number of nitrogens with zero attached hydrogens (tertiary/aromatic N) is 3. The van der Waals surface area contributed by atoms with E-state index in [2.05, 4.69) is 30.5 Å². The second kappa shape index (κ2) is 6.94. The number of hydrogen-bond acceptors (Lipinski definition) is 6. The first-order chi connectivity index (χ1) is 11.5. The SMILES string of the molecule is CNS(=O)(=O)c1ccc(CN(C)Cc2ccc3nsnc3c2)cc1. The third-order valence-corrected chi connectivity index (χ3v) is 5.71. The van der Waals surface area contributed by atoms with Crippen molar-refractivity contribution in [1.29, 1.82) is 0 Å². The van der Waals surface area contributed by atoms with Crippen molar-refractivity contribution in [3.8, 4) is 0 Å². The molecule has 2 aromatic carbocycles. The minimum Gasteiger partial charge on any atom is -0.298 e. The van der Waals surface area contributed by atoms with Gasteiger partial charge in [-0.15, -0.1) is 0 Å². The molecule has 0 unspecified atom stereocenters. The van der Waals surface area contributed by atoms with Crippen LogP contribution in [0.25, 0.3) is 11.0 Å². The summed E-state index contributed by atoms with van der Waals surface area (Å²) in [4.78, 5) is 2.45. The van der Waals surface area contributed by atoms with Crippen LogP contribution in [-0.4, -0.2) is 36.2 Å². The zero-order chi connectivity index (χ0) is 17.2. The molecule has 0 fully saturated rings. The molecule has 0 aliphatic heterocycles. The van der Waals surface area contributed by atoms with Crippen LogP contribution in [0.4, 0.5) is 0 Å². The lowest BCUT2D eigenvalue weighted by Crippen LogP contribution is -2.19. The van der Waals surface area contributed by atoms with Crippen LogP contribution in [0.2, 0.25) is 0 Å². The van der Waals surface area contributed by atoms with Crippen molar-refractivity contribution in [3.63, 3.8) is 0 Å². The lowest BCUT2D eigenvalue weighted by Gasteiger charge is -2.17. The van der Waals surface area contributed by atoms with Gasteiger partial charge in [0.25, 0.3) is 0 Å². The lowest BCUT2D eigenvalue weighted by atomic mass is 10.1. The van der Waals surface area contributed by atoms with Gasteiger partial charge in [0.2, 0.25) is 10.0 Å². The van der Waals surface area contributed by atoms with Crippen molar-refractivity contribution in [2.75, 3.05) is 14.1 Å². The minimum absolute atomic E-state index is 0.276. The maximum Gasteiger partial charge on any atom is 0.240 e. The highest BCUT2D eigenvalue weighted by Gasteiger charge is 2.11. The zero-order valence-corrected chi connectivity index (χ0v) is 15.1. The summed E-state index contributed by atoms with van der Waals surface area (Å²) < 4.78 is 34.2. The van der Waals surface area contributed by atoms with Crippen LogP contribution in [0, 0.1) is 0 Å². The van der Waals surface area contributed by atoms with Gasteiger partial charge in [0.1, 0.15) is 11.0 Å². The van der Waals surface area contributed by atoms with Crippen LogP contribution in [-0.2, 0) is 23.1 Å². The average molecular weight is 362 g/mol. The average Bonchev–Trinajstić information content (AvgIpc) is 3.03. The Kier molecular flexibility index (Phi) is 4.91. The molecule has 0 bridgehead atoms. The van der Waals surface area contributed by atoms with Gasteiger partial charge >= 0.3 is 0 Å². The Morgan fingerprint density at radius 2 is 1.62 bits per heavy atom. The van der Waals surface area contributed by atoms with Crippen molar-refractivity contribution in [3.05, 3.63) is 53.6 Å². The van der Waals surface area contributed by atoms with Gasteiger partial charge in [0.15, 0.2) is 0 Å². The van der Waals surface area contributed by atoms with Gasteiger partial charge in [0, 0.05) is 13.1 Å². The molecule has 24 heavy (non-hydrogen) atoms. The largest absolute Gasteiger partial charge is 0.298 e. The Morgan fingerprint density at radius 1 is 1.00 bits per heavy atom. The molecule has 0 radical (unpaired) electrons. The number of aromatic nitrogens is 2. The molecule has 1 aromatic heterocycles. The summed E-state index contributed by atoms with van der Waals surface area (Å²) in [5.41, 5.74) is 4.08. The van der Waals surface area contributed by atoms with E-state index in [9.17, 15) is 8.42 Å². The first kappa shape index (κ1) is 17.0. The van der Waals surface area contributed by atoms with Crippen LogP contribution in [0.5, 0.6) is 0 Å². The molecule has 0 amide bonds. The van der Waals surface area contributed by atoms with Crippen molar-refractivity contribution >= 4 is 32.8 Å². The van der Waals surface area contributed by atoms with Crippen LogP contribution >= 0.6 is 11.7 Å². The van der Waals surface area contributed by atoms with Gasteiger partial charge in [0.05, 0.1) is 16.6 Å². The van der Waals surface area contributed by atoms with E-state index in [0.717, 1.165) is 29.7 Å². The van der Waals surface area contributed by atoms with Gasteiger partial charge in [-0.25, -0.2) is 13.1 Å². The third-order valence-electron chi connectivity index (χ3n) is 3.73. The number of nitrogens with one attached hydrogen (secondary N) is 1. The molecule has 0 aliphatic carbocycles. The van der Waals surface area contributed by atoms with Crippen molar-refractivity contribution in [2.45, 2.75) is 18.0 Å². The molecule has 6 nitrogen and oxygen atoms in total. The minimum atomic E-state index is -3.38. The van der Waals surface area contributed by atoms with Crippen molar-refractivity contribution in [1.82, 2.24) is 18.4 Å². The van der Waals surface area contributed by atoms with Crippen molar-refractivity contribution in [2.24, 2.45) is 0 Å². The molecule has 0 saturated heterocycles. The Hall–Kier alpha value is -1.87. The van der Waals surface area contributed by atoms with E-state index in [1.807, 2.05) is 25.2 Å². The number of rotatable bonds is 6. The van der Waals surface area contributed by atoms with E-state index >= 15 is 0 Å². The Bertz CT molecular complexity index is 936. The Morgan fingerprint density at radius 3 is 2.33 bits per heavy atom. The van der Waals surface area contributed by atoms with Crippen LogP contribution < -0.4 is 4.72 Å². The number of sulfonamides is 1. The summed E-state index contributed by atoms with van der Waals surface area (Å²) in [5, 5.41) is 0. The summed E-state index contributed by atoms with van der Waals surface area (Å²) in [6, 6.07) is 13.0. The summed E-state index contributed by atoms with van der Waals surface area (Å²) in [6.45, 7) is 1.51. The molecular weight excluding hydrogens is 344 g/mol. The fraction of sp³-hybridized carbons (Fsp3) is 0.250. The van der Waals surface area contributed by atoms with E-state index in [-0.39, 0.29) is 4.90 Å². The predicted octanol–water partition coefficient (Wildman–Crippen LogP) is 2.23. The molecule has 0 saturated carbocycles. The highest BCUT2D eigenvalue weighted by molar-refractivity contribution is 7.89. The molecule has 1 heterocycles. The molecule has 126 valence electrons. The van der Waals surface area contributed by atoms with E-state index in [1.54, 1.807) is 12.1 Å². The highest BCUT2D eigenvalue weighted by Crippen LogP contribution is 2.16. The number of fused-ring (bicyclic) bond motifs is 1. The Labute approximate surface area is 145 Å². The fourth-order valence-electron chi connectivity index (χ4n) is 2.50. The molecule has 0 atom stereocenters. The van der Waals surface area contributed by atoms with E-state index in [0.29, 0.717) is 0 Å². The molecule has 3 aromatic rings. The van der Waals surface area contributed by atoms with E-state index in [4.69, 9.17) is 0 Å². The zero-order valence-electron chi connectivity index (χ0n) is 13.4. The Balaban J connectivity index is 1.67. The third kappa shape index (κ3) is 3.78. The molecule has 0 spiro atoms. The molecule has 1 N–H and O–H groups in total. The summed E-state index contributed by atoms with van der Waals surface area (Å²) in [6.07, 6.45) is 0. The molecule has 0 aliphatic rings. The summed E-state index contributed by atoms with van der Waals surface area (Å²) >= 11 is 1.22. The number of benzene rings is 2. The van der Waals surface area contributed by atoms with Gasteiger partial charge in [-0.05, 0) is 49.5 Å². The molecular formula is C16H18N4O2S2. The summed E-state index contributed by atoms with van der Waals surface area (Å²) in [5.74, 6) is 0. The first-order valence-electron chi connectivity index (χ1n) is 7.40. The lowest BCUT2D eigenvalue weighted by molar-refractivity contribution is 0.319. The normalized spacial score (nSPS) is 12.1. The number of hydrogen-bond donors (Lipinski definition) is 1. The van der Waals surface area contributed by atoms with E-state index < -0.39 is 10.0 Å². The summed E-state index contributed by atoms with van der Waals surface area (Å²) in [7, 11) is 0.0552. The monoisotopic (exact) mass is 362 g/mol. The van der Waals surface area contributed by atoms with Gasteiger partial charge in [-0.2, -0.15) is 8.75 Å². The first-order valence-corrected chi connectivity index (χ1v) is 9.61. The standard InChI is InChI=1S/C16H18N4O2S2/c1-17-24(21,22)14-6-3-12(4-7-14)10-20(2)11-13-5-8-15-16(9-13)19-23-18-15/h3-9,17H,10-11H2,1-2H3. The highest BCUT2D eigenvalue weighted by atomic mass is 32.2. The fourth-order valence-corrected chi connectivity index (χ4v) is 3.74. The smallest absolute Gasteiger partial charge is 0.240 e. The van der Waals surface area contributed by atoms with Crippen LogP contribution in [0.3, 0.4) is 0 Å². The van der Waals surface area contributed by atoms with Crippen LogP contribution in [0.15, 0.2) is 47.4 Å². The van der Waals surface area contributed by atoms with Crippen LogP contribution in [0.1, 0.15) is 11.1 Å². The van der Waals surface area contributed by atoms with E-state index in [1.165, 1.54) is 24.3 Å². The second-order valence-electron chi connectivity index (χ2n) is 5.61. The molecule has 8 heteroatoms. The van der Waals surface area contributed by atoms with Gasteiger partial charge < -0.3 is 0 Å². The second-order valence-corrected chi connectivity index (χ2v) is 8.03. The quantitative estimate of drug-likeness (QED) is 0.728. The van der Waals surface area contributed by atoms with Crippen molar-refractivity contribution < 1.29 is 8.42 Å². The molecule has 3 rings (SSSR count). The topological polar surface area (TPSA) is 75.2 Å². The van der Waals surface area contributed by atoms with Gasteiger partial charge in [-0.3, -0.25) is 4.90 Å². The predicted molar refractivity (Wildman–Crippen MR) is 95.3 cm³/mol.